The molecule has 0 fully saturated rings. The number of nitrogens with one attached hydrogen (secondary N) is 1. The predicted molar refractivity (Wildman–Crippen MR) is 77.6 cm³/mol. The lowest BCUT2D eigenvalue weighted by Crippen LogP contribution is -2.12. The minimum Gasteiger partial charge on any atom is -0.396 e. The molecule has 1 atom stereocenters. The zero-order valence-electron chi connectivity index (χ0n) is 10.9. The van der Waals surface area contributed by atoms with Gasteiger partial charge in [-0.15, -0.1) is 0 Å². The molecule has 0 saturated carbocycles. The second kappa shape index (κ2) is 6.68. The Morgan fingerprint density at radius 3 is 2.30 bits per heavy atom. The van der Waals surface area contributed by atoms with Gasteiger partial charge in [-0.05, 0) is 24.1 Å². The maximum absolute atomic E-state index is 10.6. The summed E-state index contributed by atoms with van der Waals surface area (Å²) < 4.78 is 0. The second-order valence-corrected chi connectivity index (χ2v) is 4.42. The first-order chi connectivity index (χ1) is 9.70. The number of aliphatic hydroxyl groups is 1. The summed E-state index contributed by atoms with van der Waals surface area (Å²) in [6, 6.07) is 16.0. The summed E-state index contributed by atoms with van der Waals surface area (Å²) in [6.07, 6.45) is 0.570. The van der Waals surface area contributed by atoms with Crippen LogP contribution in [-0.4, -0.2) is 16.6 Å². The van der Waals surface area contributed by atoms with Gasteiger partial charge in [-0.3, -0.25) is 10.1 Å². The van der Waals surface area contributed by atoms with E-state index in [1.54, 1.807) is 12.1 Å². The third-order valence-corrected chi connectivity index (χ3v) is 3.04. The topological polar surface area (TPSA) is 75.4 Å². The van der Waals surface area contributed by atoms with Crippen LogP contribution in [0.1, 0.15) is 18.0 Å². The molecule has 0 amide bonds. The minimum absolute atomic E-state index is 0.0253. The lowest BCUT2D eigenvalue weighted by Gasteiger charge is -2.19. The number of nitro groups is 1. The van der Waals surface area contributed by atoms with Crippen molar-refractivity contribution in [2.24, 2.45) is 0 Å². The maximum atomic E-state index is 10.6. The normalized spacial score (nSPS) is 11.8. The van der Waals surface area contributed by atoms with Crippen molar-refractivity contribution in [3.05, 3.63) is 70.3 Å². The molecule has 104 valence electrons. The van der Waals surface area contributed by atoms with Crippen LogP contribution >= 0.6 is 0 Å². The van der Waals surface area contributed by atoms with Gasteiger partial charge in [0.15, 0.2) is 0 Å². The molecule has 0 heterocycles. The molecular weight excluding hydrogens is 256 g/mol. The Bertz CT molecular complexity index is 555. The van der Waals surface area contributed by atoms with Gasteiger partial charge in [-0.2, -0.15) is 0 Å². The van der Waals surface area contributed by atoms with Gasteiger partial charge in [-0.1, -0.05) is 30.3 Å². The van der Waals surface area contributed by atoms with Gasteiger partial charge >= 0.3 is 0 Å². The number of nitrogens with zero attached hydrogens (tertiary/aromatic N) is 1. The molecule has 2 aromatic carbocycles. The minimum atomic E-state index is -0.424. The summed E-state index contributed by atoms with van der Waals surface area (Å²) >= 11 is 0. The van der Waals surface area contributed by atoms with Crippen LogP contribution < -0.4 is 5.32 Å². The number of hydrogen-bond donors (Lipinski definition) is 2. The molecule has 2 aromatic rings. The molecule has 20 heavy (non-hydrogen) atoms. The zero-order valence-corrected chi connectivity index (χ0v) is 10.9. The van der Waals surface area contributed by atoms with Gasteiger partial charge in [-0.25, -0.2) is 0 Å². The van der Waals surface area contributed by atoms with E-state index in [-0.39, 0.29) is 18.3 Å². The van der Waals surface area contributed by atoms with Gasteiger partial charge in [0.2, 0.25) is 0 Å². The molecule has 0 aliphatic carbocycles. The van der Waals surface area contributed by atoms with E-state index in [1.165, 1.54) is 12.1 Å². The van der Waals surface area contributed by atoms with E-state index in [0.717, 1.165) is 11.3 Å². The molecule has 0 aromatic heterocycles. The van der Waals surface area contributed by atoms with Crippen molar-refractivity contribution in [3.63, 3.8) is 0 Å². The first-order valence-electron chi connectivity index (χ1n) is 6.37. The van der Waals surface area contributed by atoms with Crippen LogP contribution in [0.3, 0.4) is 0 Å². The Morgan fingerprint density at radius 1 is 1.10 bits per heavy atom. The zero-order chi connectivity index (χ0) is 14.4. The fraction of sp³-hybridized carbons (Fsp3) is 0.200. The highest BCUT2D eigenvalue weighted by Crippen LogP contribution is 2.23. The third kappa shape index (κ3) is 3.55. The van der Waals surface area contributed by atoms with Crippen molar-refractivity contribution in [1.29, 1.82) is 0 Å². The molecule has 0 radical (unpaired) electrons. The summed E-state index contributed by atoms with van der Waals surface area (Å²) in [5, 5.41) is 23.1. The summed E-state index contributed by atoms with van der Waals surface area (Å²) in [6.45, 7) is 0.0690. The Hall–Kier alpha value is -2.40. The summed E-state index contributed by atoms with van der Waals surface area (Å²) in [7, 11) is 0. The van der Waals surface area contributed by atoms with Crippen LogP contribution in [0, 0.1) is 10.1 Å². The van der Waals surface area contributed by atoms with Crippen molar-refractivity contribution >= 4 is 11.4 Å². The molecule has 5 nitrogen and oxygen atoms in total. The fourth-order valence-corrected chi connectivity index (χ4v) is 2.02. The van der Waals surface area contributed by atoms with Crippen LogP contribution in [0.2, 0.25) is 0 Å². The first-order valence-corrected chi connectivity index (χ1v) is 6.37. The summed E-state index contributed by atoms with van der Waals surface area (Å²) in [5.74, 6) is 0. The summed E-state index contributed by atoms with van der Waals surface area (Å²) in [4.78, 5) is 10.2. The lowest BCUT2D eigenvalue weighted by molar-refractivity contribution is -0.384. The van der Waals surface area contributed by atoms with E-state index in [0.29, 0.717) is 6.42 Å². The maximum Gasteiger partial charge on any atom is 0.269 e. The number of nitro benzene ring substituents is 1. The second-order valence-electron chi connectivity index (χ2n) is 4.42. The highest BCUT2D eigenvalue weighted by molar-refractivity contribution is 5.50. The van der Waals surface area contributed by atoms with E-state index in [1.807, 2.05) is 30.3 Å². The Labute approximate surface area is 117 Å². The molecule has 0 bridgehead atoms. The Balaban J connectivity index is 2.14. The van der Waals surface area contributed by atoms with Crippen molar-refractivity contribution < 1.29 is 10.0 Å². The van der Waals surface area contributed by atoms with Crippen LogP contribution in [0.25, 0.3) is 0 Å². The Morgan fingerprint density at radius 2 is 1.75 bits per heavy atom. The molecular formula is C15H16N2O3. The van der Waals surface area contributed by atoms with Gasteiger partial charge in [0, 0.05) is 24.4 Å². The Kier molecular flexibility index (Phi) is 4.68. The van der Waals surface area contributed by atoms with Crippen molar-refractivity contribution in [3.8, 4) is 0 Å². The van der Waals surface area contributed by atoms with Crippen LogP contribution in [0.15, 0.2) is 54.6 Å². The van der Waals surface area contributed by atoms with Crippen LogP contribution in [-0.2, 0) is 0 Å². The smallest absolute Gasteiger partial charge is 0.269 e. The molecule has 5 heteroatoms. The van der Waals surface area contributed by atoms with E-state index in [9.17, 15) is 10.1 Å². The van der Waals surface area contributed by atoms with E-state index < -0.39 is 4.92 Å². The number of anilines is 1. The molecule has 0 aliphatic heterocycles. The molecule has 2 rings (SSSR count). The summed E-state index contributed by atoms with van der Waals surface area (Å²) in [5.41, 5.74) is 1.92. The standard InChI is InChI=1S/C15H16N2O3/c18-11-10-15(12-4-2-1-3-5-12)16-13-6-8-14(9-7-13)17(19)20/h1-9,15-16,18H,10-11H2/t15-/m1/s1. The fourth-order valence-electron chi connectivity index (χ4n) is 2.02. The average Bonchev–Trinajstić information content (AvgIpc) is 2.48. The van der Waals surface area contributed by atoms with E-state index >= 15 is 0 Å². The SMILES string of the molecule is O=[N+]([O-])c1ccc(N[C@H](CCO)c2ccccc2)cc1. The van der Waals surface area contributed by atoms with Gasteiger partial charge in [0.05, 0.1) is 11.0 Å². The van der Waals surface area contributed by atoms with Crippen molar-refractivity contribution in [2.75, 3.05) is 11.9 Å². The monoisotopic (exact) mass is 272 g/mol. The number of hydrogen-bond acceptors (Lipinski definition) is 4. The molecule has 0 saturated heterocycles. The third-order valence-electron chi connectivity index (χ3n) is 3.04. The largest absolute Gasteiger partial charge is 0.396 e. The average molecular weight is 272 g/mol. The molecule has 0 aliphatic rings. The van der Waals surface area contributed by atoms with Crippen LogP contribution in [0.4, 0.5) is 11.4 Å². The molecule has 2 N–H and O–H groups in total. The van der Waals surface area contributed by atoms with E-state index in [2.05, 4.69) is 5.32 Å². The van der Waals surface area contributed by atoms with Crippen molar-refractivity contribution in [1.82, 2.24) is 0 Å². The highest BCUT2D eigenvalue weighted by Gasteiger charge is 2.11. The number of rotatable bonds is 6. The highest BCUT2D eigenvalue weighted by atomic mass is 16.6. The first kappa shape index (κ1) is 14.0. The molecule has 0 spiro atoms. The predicted octanol–water partition coefficient (Wildman–Crippen LogP) is 3.13. The van der Waals surface area contributed by atoms with E-state index in [4.69, 9.17) is 5.11 Å². The quantitative estimate of drug-likeness (QED) is 0.625. The number of benzene rings is 2. The lowest BCUT2D eigenvalue weighted by atomic mass is 10.0. The van der Waals surface area contributed by atoms with Crippen molar-refractivity contribution in [2.45, 2.75) is 12.5 Å². The van der Waals surface area contributed by atoms with Crippen LogP contribution in [0.5, 0.6) is 0 Å². The number of non-ortho nitro benzene ring substituents is 1. The van der Waals surface area contributed by atoms with Gasteiger partial charge in [0.1, 0.15) is 0 Å². The van der Waals surface area contributed by atoms with Gasteiger partial charge in [0.25, 0.3) is 5.69 Å². The number of aliphatic hydroxyl groups excluding tert-OH is 1. The molecule has 0 unspecified atom stereocenters. The van der Waals surface area contributed by atoms with Gasteiger partial charge < -0.3 is 10.4 Å².